The zero-order chi connectivity index (χ0) is 18.7. The number of rotatable bonds is 5. The van der Waals surface area contributed by atoms with Crippen molar-refractivity contribution in [2.24, 2.45) is 0 Å². The monoisotopic (exact) mass is 389 g/mol. The van der Waals surface area contributed by atoms with E-state index in [4.69, 9.17) is 37.4 Å². The van der Waals surface area contributed by atoms with Gasteiger partial charge < -0.3 is 14.2 Å². The van der Waals surface area contributed by atoms with Gasteiger partial charge in [-0.3, -0.25) is 0 Å². The number of benzene rings is 2. The molecule has 134 valence electrons. The molecular weight excluding hydrogens is 373 g/mol. The number of nitrogens with zero attached hydrogens (tertiary/aromatic N) is 1. The van der Waals surface area contributed by atoms with E-state index >= 15 is 0 Å². The molecule has 1 heterocycles. The molecule has 2 aromatic carbocycles. The molecule has 0 spiro atoms. The zero-order valence-electron chi connectivity index (χ0n) is 14.5. The summed E-state index contributed by atoms with van der Waals surface area (Å²) in [4.78, 5) is 4.59. The maximum absolute atomic E-state index is 6.36. The van der Waals surface area contributed by atoms with Gasteiger partial charge in [-0.05, 0) is 48.0 Å². The van der Waals surface area contributed by atoms with Gasteiger partial charge in [0.2, 0.25) is 5.75 Å². The number of fused-ring (bicyclic) bond motifs is 1. The van der Waals surface area contributed by atoms with Crippen LogP contribution in [0.2, 0.25) is 10.0 Å². The third kappa shape index (κ3) is 3.71. The number of halogens is 2. The zero-order valence-corrected chi connectivity index (χ0v) is 16.1. The highest BCUT2D eigenvalue weighted by Gasteiger charge is 2.12. The van der Waals surface area contributed by atoms with E-state index in [0.717, 1.165) is 22.2 Å². The fourth-order valence-electron chi connectivity index (χ4n) is 2.64. The Balaban J connectivity index is 2.00. The molecule has 0 aliphatic rings. The first-order valence-corrected chi connectivity index (χ1v) is 8.55. The van der Waals surface area contributed by atoms with Crippen LogP contribution in [0.1, 0.15) is 11.3 Å². The van der Waals surface area contributed by atoms with Gasteiger partial charge in [-0.2, -0.15) is 0 Å². The van der Waals surface area contributed by atoms with Crippen molar-refractivity contribution in [3.05, 3.63) is 57.7 Å². The first-order chi connectivity index (χ1) is 12.5. The molecule has 0 bridgehead atoms. The van der Waals surface area contributed by atoms with Crippen molar-refractivity contribution in [3.8, 4) is 17.2 Å². The van der Waals surface area contributed by atoms with Crippen molar-refractivity contribution in [2.45, 2.75) is 0 Å². The number of pyridine rings is 1. The van der Waals surface area contributed by atoms with E-state index in [0.29, 0.717) is 27.3 Å². The van der Waals surface area contributed by atoms with Gasteiger partial charge in [-0.1, -0.05) is 29.3 Å². The molecule has 0 aliphatic heterocycles. The number of aromatic nitrogens is 1. The number of hydrogen-bond acceptors (Lipinski definition) is 4. The molecule has 0 saturated carbocycles. The summed E-state index contributed by atoms with van der Waals surface area (Å²) in [6.45, 7) is 0. The van der Waals surface area contributed by atoms with Crippen LogP contribution < -0.4 is 14.2 Å². The third-order valence-corrected chi connectivity index (χ3v) is 4.42. The molecule has 6 heteroatoms. The molecule has 0 N–H and O–H groups in total. The van der Waals surface area contributed by atoms with Crippen molar-refractivity contribution in [2.75, 3.05) is 21.3 Å². The smallest absolute Gasteiger partial charge is 0.203 e. The van der Waals surface area contributed by atoms with Gasteiger partial charge in [0.15, 0.2) is 11.5 Å². The Hall–Kier alpha value is -2.43. The van der Waals surface area contributed by atoms with Crippen LogP contribution >= 0.6 is 23.2 Å². The van der Waals surface area contributed by atoms with Crippen LogP contribution in [-0.2, 0) is 0 Å². The van der Waals surface area contributed by atoms with Crippen LogP contribution in [0.5, 0.6) is 17.2 Å². The minimum Gasteiger partial charge on any atom is -0.493 e. The quantitative estimate of drug-likeness (QED) is 0.557. The van der Waals surface area contributed by atoms with Crippen LogP contribution in [0.3, 0.4) is 0 Å². The number of methoxy groups -OCH3 is 3. The van der Waals surface area contributed by atoms with Crippen molar-refractivity contribution in [1.82, 2.24) is 4.98 Å². The van der Waals surface area contributed by atoms with Crippen LogP contribution in [0.25, 0.3) is 23.1 Å². The normalized spacial score (nSPS) is 11.1. The summed E-state index contributed by atoms with van der Waals surface area (Å²) in [6, 6.07) is 11.0. The Morgan fingerprint density at radius 3 is 2.15 bits per heavy atom. The lowest BCUT2D eigenvalue weighted by Crippen LogP contribution is -1.95. The first kappa shape index (κ1) is 18.4. The summed E-state index contributed by atoms with van der Waals surface area (Å²) in [6.07, 6.45) is 3.78. The molecule has 0 amide bonds. The van der Waals surface area contributed by atoms with Crippen molar-refractivity contribution >= 4 is 46.3 Å². The lowest BCUT2D eigenvalue weighted by molar-refractivity contribution is 0.324. The van der Waals surface area contributed by atoms with Crippen LogP contribution in [0.4, 0.5) is 0 Å². The fraction of sp³-hybridized carbons (Fsp3) is 0.150. The molecule has 0 fully saturated rings. The lowest BCUT2D eigenvalue weighted by atomic mass is 10.1. The van der Waals surface area contributed by atoms with Gasteiger partial charge >= 0.3 is 0 Å². The molecule has 0 radical (unpaired) electrons. The average molecular weight is 390 g/mol. The number of hydrogen-bond donors (Lipinski definition) is 0. The van der Waals surface area contributed by atoms with Gasteiger partial charge in [0.25, 0.3) is 0 Å². The molecule has 3 rings (SSSR count). The maximum atomic E-state index is 6.36. The standard InChI is InChI=1S/C20H17Cl2NO3/c1-24-18-8-12(9-19(25-2)20(18)26-3)4-6-14-11-16(22)15-10-13(21)5-7-17(15)23-14/h4-11H,1-3H3/b6-4+. The van der Waals surface area contributed by atoms with Crippen molar-refractivity contribution in [1.29, 1.82) is 0 Å². The topological polar surface area (TPSA) is 40.6 Å². The second-order valence-corrected chi connectivity index (χ2v) is 6.33. The minimum atomic E-state index is 0.552. The Kier molecular flexibility index (Phi) is 5.55. The van der Waals surface area contributed by atoms with Crippen molar-refractivity contribution in [3.63, 3.8) is 0 Å². The van der Waals surface area contributed by atoms with E-state index in [9.17, 15) is 0 Å². The Bertz CT molecular complexity index is 961. The highest BCUT2D eigenvalue weighted by molar-refractivity contribution is 6.36. The summed E-state index contributed by atoms with van der Waals surface area (Å²) in [5, 5.41) is 2.05. The summed E-state index contributed by atoms with van der Waals surface area (Å²) in [7, 11) is 4.74. The Morgan fingerprint density at radius 2 is 1.54 bits per heavy atom. The molecule has 0 saturated heterocycles. The largest absolute Gasteiger partial charge is 0.493 e. The van der Waals surface area contributed by atoms with E-state index in [2.05, 4.69) is 4.98 Å². The predicted molar refractivity (Wildman–Crippen MR) is 107 cm³/mol. The summed E-state index contributed by atoms with van der Waals surface area (Å²) >= 11 is 12.4. The van der Waals surface area contributed by atoms with Gasteiger partial charge in [0.1, 0.15) is 0 Å². The van der Waals surface area contributed by atoms with E-state index in [-0.39, 0.29) is 0 Å². The molecule has 0 atom stereocenters. The van der Waals surface area contributed by atoms with E-state index < -0.39 is 0 Å². The molecule has 1 aromatic heterocycles. The lowest BCUT2D eigenvalue weighted by Gasteiger charge is -2.12. The van der Waals surface area contributed by atoms with Crippen LogP contribution in [-0.4, -0.2) is 26.3 Å². The fourth-order valence-corrected chi connectivity index (χ4v) is 3.08. The van der Waals surface area contributed by atoms with E-state index in [1.165, 1.54) is 0 Å². The molecule has 0 aliphatic carbocycles. The maximum Gasteiger partial charge on any atom is 0.203 e. The Morgan fingerprint density at radius 1 is 0.846 bits per heavy atom. The molecular formula is C20H17Cl2NO3. The first-order valence-electron chi connectivity index (χ1n) is 7.79. The summed E-state index contributed by atoms with van der Waals surface area (Å²) < 4.78 is 16.1. The molecule has 4 nitrogen and oxygen atoms in total. The summed E-state index contributed by atoms with van der Waals surface area (Å²) in [5.74, 6) is 1.73. The molecule has 3 aromatic rings. The van der Waals surface area contributed by atoms with Gasteiger partial charge in [0, 0.05) is 10.4 Å². The predicted octanol–water partition coefficient (Wildman–Crippen LogP) is 5.74. The highest BCUT2D eigenvalue weighted by atomic mass is 35.5. The van der Waals surface area contributed by atoms with Gasteiger partial charge in [0.05, 0.1) is 37.6 Å². The van der Waals surface area contributed by atoms with Gasteiger partial charge in [-0.15, -0.1) is 0 Å². The summed E-state index contributed by atoms with van der Waals surface area (Å²) in [5.41, 5.74) is 2.40. The van der Waals surface area contributed by atoms with E-state index in [1.807, 2.05) is 30.4 Å². The average Bonchev–Trinajstić information content (AvgIpc) is 2.65. The SMILES string of the molecule is COc1cc(/C=C/c2cc(Cl)c3cc(Cl)ccc3n2)cc(OC)c1OC. The van der Waals surface area contributed by atoms with Crippen LogP contribution in [0, 0.1) is 0 Å². The molecule has 26 heavy (non-hydrogen) atoms. The van der Waals surface area contributed by atoms with Crippen molar-refractivity contribution < 1.29 is 14.2 Å². The second kappa shape index (κ2) is 7.85. The molecule has 0 unspecified atom stereocenters. The minimum absolute atomic E-state index is 0.552. The van der Waals surface area contributed by atoms with Gasteiger partial charge in [-0.25, -0.2) is 4.98 Å². The highest BCUT2D eigenvalue weighted by Crippen LogP contribution is 2.38. The van der Waals surface area contributed by atoms with Crippen LogP contribution in [0.15, 0.2) is 36.4 Å². The Labute approximate surface area is 161 Å². The number of ether oxygens (including phenoxy) is 3. The van der Waals surface area contributed by atoms with E-state index in [1.54, 1.807) is 39.5 Å². The second-order valence-electron chi connectivity index (χ2n) is 5.48. The third-order valence-electron chi connectivity index (χ3n) is 3.87.